The van der Waals surface area contributed by atoms with Gasteiger partial charge in [0.15, 0.2) is 0 Å². The molecule has 1 N–H and O–H groups in total. The van der Waals surface area contributed by atoms with E-state index < -0.39 is 0 Å². The number of nitrogens with one attached hydrogen (secondary N) is 1. The molecule has 0 bridgehead atoms. The number of amides is 2. The molecule has 2 aliphatic heterocycles. The number of hydrogen-bond donors (Lipinski definition) is 1. The highest BCUT2D eigenvalue weighted by atomic mass is 16.5. The Balaban J connectivity index is 1.47. The maximum absolute atomic E-state index is 12.5. The van der Waals surface area contributed by atoms with Crippen LogP contribution in [-0.2, 0) is 6.54 Å². The second-order valence-electron chi connectivity index (χ2n) is 7.37. The molecule has 1 aromatic rings. The molecule has 24 heavy (non-hydrogen) atoms. The summed E-state index contributed by atoms with van der Waals surface area (Å²) in [5.41, 5.74) is 1.08. The van der Waals surface area contributed by atoms with E-state index in [1.807, 2.05) is 29.2 Å². The first kappa shape index (κ1) is 17.1. The van der Waals surface area contributed by atoms with Crippen LogP contribution in [0.1, 0.15) is 25.8 Å². The predicted octanol–water partition coefficient (Wildman–Crippen LogP) is 2.57. The lowest BCUT2D eigenvalue weighted by Gasteiger charge is -2.22. The lowest BCUT2D eigenvalue weighted by Crippen LogP contribution is -2.42. The van der Waals surface area contributed by atoms with Crippen LogP contribution in [0.2, 0.25) is 0 Å². The van der Waals surface area contributed by atoms with Gasteiger partial charge in [0.1, 0.15) is 12.4 Å². The second-order valence-corrected chi connectivity index (χ2v) is 7.37. The Kier molecular flexibility index (Phi) is 5.61. The van der Waals surface area contributed by atoms with Crippen LogP contribution in [-0.4, -0.2) is 55.2 Å². The number of urea groups is 1. The summed E-state index contributed by atoms with van der Waals surface area (Å²) in [5.74, 6) is 2.17. The molecule has 3 rings (SSSR count). The van der Waals surface area contributed by atoms with Crippen LogP contribution in [0.15, 0.2) is 24.3 Å². The van der Waals surface area contributed by atoms with Gasteiger partial charge in [0.2, 0.25) is 0 Å². The minimum absolute atomic E-state index is 0.0256. The summed E-state index contributed by atoms with van der Waals surface area (Å²) >= 11 is 0. The summed E-state index contributed by atoms with van der Waals surface area (Å²) in [6.45, 7) is 10.5. The van der Waals surface area contributed by atoms with Crippen molar-refractivity contribution in [3.05, 3.63) is 29.8 Å². The number of carbonyl (C=O) groups excluding carboxylic acids is 1. The molecule has 5 nitrogen and oxygen atoms in total. The minimum atomic E-state index is 0.0256. The van der Waals surface area contributed by atoms with Crippen molar-refractivity contribution in [2.75, 3.05) is 39.3 Å². The lowest BCUT2D eigenvalue weighted by atomic mass is 10.1. The molecule has 2 amide bonds. The van der Waals surface area contributed by atoms with Crippen LogP contribution in [0.5, 0.6) is 5.75 Å². The maximum atomic E-state index is 12.5. The summed E-state index contributed by atoms with van der Waals surface area (Å²) in [5, 5.41) is 3.13. The van der Waals surface area contributed by atoms with E-state index in [2.05, 4.69) is 24.1 Å². The summed E-state index contributed by atoms with van der Waals surface area (Å²) in [4.78, 5) is 16.9. The number of hydrogen-bond acceptors (Lipinski definition) is 3. The van der Waals surface area contributed by atoms with E-state index in [1.54, 1.807) is 0 Å². The second kappa shape index (κ2) is 7.88. The van der Waals surface area contributed by atoms with Gasteiger partial charge in [-0.05, 0) is 30.9 Å². The van der Waals surface area contributed by atoms with Crippen molar-refractivity contribution in [1.82, 2.24) is 15.1 Å². The fraction of sp³-hybridized carbons (Fsp3) is 0.632. The Morgan fingerprint density at radius 3 is 3.00 bits per heavy atom. The Hall–Kier alpha value is -1.75. The van der Waals surface area contributed by atoms with Gasteiger partial charge in [-0.15, -0.1) is 0 Å². The van der Waals surface area contributed by atoms with E-state index in [4.69, 9.17) is 4.74 Å². The smallest absolute Gasteiger partial charge is 0.317 e. The van der Waals surface area contributed by atoms with E-state index in [0.29, 0.717) is 31.5 Å². The Morgan fingerprint density at radius 2 is 2.17 bits per heavy atom. The SMILES string of the molecule is CC(C)CN1CC[C@H](CNC(=O)N2CCOc3ccccc3C2)C1. The summed E-state index contributed by atoms with van der Waals surface area (Å²) in [7, 11) is 0. The maximum Gasteiger partial charge on any atom is 0.317 e. The highest BCUT2D eigenvalue weighted by Crippen LogP contribution is 2.22. The van der Waals surface area contributed by atoms with Crippen LogP contribution in [0.3, 0.4) is 0 Å². The standard InChI is InChI=1S/C19H29N3O2/c1-15(2)12-21-8-7-16(13-21)11-20-19(23)22-9-10-24-18-6-4-3-5-17(18)14-22/h3-6,15-16H,7-14H2,1-2H3,(H,20,23)/t16-/m1/s1. The molecule has 132 valence electrons. The molecule has 0 saturated carbocycles. The first-order valence-corrected chi connectivity index (χ1v) is 9.07. The molecule has 0 spiro atoms. The number of likely N-dealkylation sites (tertiary alicyclic amines) is 1. The van der Waals surface area contributed by atoms with Crippen LogP contribution >= 0.6 is 0 Å². The van der Waals surface area contributed by atoms with Crippen molar-refractivity contribution >= 4 is 6.03 Å². The number of ether oxygens (including phenoxy) is 1. The average molecular weight is 331 g/mol. The third-order valence-electron chi connectivity index (χ3n) is 4.78. The molecule has 0 radical (unpaired) electrons. The highest BCUT2D eigenvalue weighted by Gasteiger charge is 2.25. The molecular formula is C19H29N3O2. The van der Waals surface area contributed by atoms with Gasteiger partial charge in [-0.3, -0.25) is 0 Å². The van der Waals surface area contributed by atoms with Crippen LogP contribution in [0.25, 0.3) is 0 Å². The predicted molar refractivity (Wildman–Crippen MR) is 95.1 cm³/mol. The Morgan fingerprint density at radius 1 is 1.33 bits per heavy atom. The van der Waals surface area contributed by atoms with Gasteiger partial charge in [-0.25, -0.2) is 4.79 Å². The Labute approximate surface area is 145 Å². The first-order valence-electron chi connectivity index (χ1n) is 9.07. The summed E-state index contributed by atoms with van der Waals surface area (Å²) < 4.78 is 5.73. The van der Waals surface area contributed by atoms with E-state index in [-0.39, 0.29) is 6.03 Å². The highest BCUT2D eigenvalue weighted by molar-refractivity contribution is 5.74. The largest absolute Gasteiger partial charge is 0.491 e. The number of benzene rings is 1. The number of nitrogens with zero attached hydrogens (tertiary/aromatic N) is 2. The number of para-hydroxylation sites is 1. The van der Waals surface area contributed by atoms with Gasteiger partial charge >= 0.3 is 6.03 Å². The third-order valence-corrected chi connectivity index (χ3v) is 4.78. The van der Waals surface area contributed by atoms with Gasteiger partial charge in [0.05, 0.1) is 13.1 Å². The average Bonchev–Trinajstić information content (AvgIpc) is 2.88. The molecule has 5 heteroatoms. The lowest BCUT2D eigenvalue weighted by molar-refractivity contribution is 0.185. The zero-order valence-corrected chi connectivity index (χ0v) is 14.8. The molecule has 0 aromatic heterocycles. The summed E-state index contributed by atoms with van der Waals surface area (Å²) in [6.07, 6.45) is 1.18. The molecule has 1 atom stereocenters. The van der Waals surface area contributed by atoms with Gasteiger partial charge in [-0.2, -0.15) is 0 Å². The van der Waals surface area contributed by atoms with Gasteiger partial charge in [0.25, 0.3) is 0 Å². The molecule has 2 heterocycles. The van der Waals surface area contributed by atoms with Crippen molar-refractivity contribution in [1.29, 1.82) is 0 Å². The first-order chi connectivity index (χ1) is 11.6. The van der Waals surface area contributed by atoms with Gasteiger partial charge in [0, 0.05) is 25.2 Å². The molecular weight excluding hydrogens is 302 g/mol. The molecule has 2 aliphatic rings. The Bertz CT molecular complexity index is 561. The molecule has 1 aromatic carbocycles. The molecule has 0 aliphatic carbocycles. The van der Waals surface area contributed by atoms with Crippen LogP contribution in [0.4, 0.5) is 4.79 Å². The van der Waals surface area contributed by atoms with Crippen molar-refractivity contribution in [2.45, 2.75) is 26.8 Å². The fourth-order valence-corrected chi connectivity index (χ4v) is 3.60. The zero-order chi connectivity index (χ0) is 16.9. The normalized spacial score (nSPS) is 21.3. The summed E-state index contributed by atoms with van der Waals surface area (Å²) in [6, 6.07) is 7.99. The third kappa shape index (κ3) is 4.41. The van der Waals surface area contributed by atoms with E-state index >= 15 is 0 Å². The molecule has 0 unspecified atom stereocenters. The molecule has 1 saturated heterocycles. The fourth-order valence-electron chi connectivity index (χ4n) is 3.60. The van der Waals surface area contributed by atoms with E-state index in [9.17, 15) is 4.79 Å². The van der Waals surface area contributed by atoms with Gasteiger partial charge in [-0.1, -0.05) is 32.0 Å². The molecule has 1 fully saturated rings. The zero-order valence-electron chi connectivity index (χ0n) is 14.8. The van der Waals surface area contributed by atoms with E-state index in [1.165, 1.54) is 6.42 Å². The topological polar surface area (TPSA) is 44.8 Å². The van der Waals surface area contributed by atoms with Crippen LogP contribution in [0, 0.1) is 11.8 Å². The number of rotatable bonds is 4. The van der Waals surface area contributed by atoms with Crippen molar-refractivity contribution in [3.63, 3.8) is 0 Å². The van der Waals surface area contributed by atoms with Crippen molar-refractivity contribution in [3.8, 4) is 5.75 Å². The van der Waals surface area contributed by atoms with Crippen LogP contribution < -0.4 is 10.1 Å². The minimum Gasteiger partial charge on any atom is -0.491 e. The van der Waals surface area contributed by atoms with Crippen molar-refractivity contribution < 1.29 is 9.53 Å². The number of carbonyl (C=O) groups is 1. The number of fused-ring (bicyclic) bond motifs is 1. The van der Waals surface area contributed by atoms with Crippen molar-refractivity contribution in [2.24, 2.45) is 11.8 Å². The monoisotopic (exact) mass is 331 g/mol. The van der Waals surface area contributed by atoms with E-state index in [0.717, 1.165) is 37.5 Å². The quantitative estimate of drug-likeness (QED) is 0.922. The van der Waals surface area contributed by atoms with Gasteiger partial charge < -0.3 is 19.9 Å².